The minimum Gasteiger partial charge on any atom is -0.511 e. The number of ketones is 2. The number of pyridine rings is 1. The van der Waals surface area contributed by atoms with Crippen molar-refractivity contribution >= 4 is 44.5 Å². The van der Waals surface area contributed by atoms with Crippen LogP contribution in [-0.2, 0) is 10.2 Å². The van der Waals surface area contributed by atoms with Gasteiger partial charge in [0.2, 0.25) is 6.29 Å². The van der Waals surface area contributed by atoms with Gasteiger partial charge in [0.25, 0.3) is 0 Å². The van der Waals surface area contributed by atoms with E-state index in [4.69, 9.17) is 14.5 Å². The average molecular weight is 743 g/mol. The molecule has 1 aromatic carbocycles. The predicted molar refractivity (Wildman–Crippen MR) is 194 cm³/mol. The molecule has 6 N–H and O–H groups in total. The van der Waals surface area contributed by atoms with Gasteiger partial charge in [-0.2, -0.15) is 0 Å². The van der Waals surface area contributed by atoms with Crippen LogP contribution in [0.25, 0.3) is 5.57 Å². The summed E-state index contributed by atoms with van der Waals surface area (Å²) in [5.41, 5.74) is 1.63. The lowest BCUT2D eigenvalue weighted by Crippen LogP contribution is -2.70. The van der Waals surface area contributed by atoms with Crippen molar-refractivity contribution in [2.24, 2.45) is 17.3 Å². The van der Waals surface area contributed by atoms with E-state index in [0.29, 0.717) is 24.2 Å². The van der Waals surface area contributed by atoms with E-state index < -0.39 is 59.3 Å². The molecular weight excluding hydrogens is 705 g/mol. The molecular formula is C39H38N2O9S2. The van der Waals surface area contributed by atoms with Gasteiger partial charge in [-0.3, -0.25) is 9.59 Å². The monoisotopic (exact) mass is 742 g/mol. The second kappa shape index (κ2) is 11.3. The van der Waals surface area contributed by atoms with Crippen molar-refractivity contribution in [3.05, 3.63) is 93.4 Å². The lowest BCUT2D eigenvalue weighted by atomic mass is 9.56. The number of hydrogen-bond acceptors (Lipinski definition) is 13. The molecule has 11 nitrogen and oxygen atoms in total. The number of carbonyl (C=O) groups is 2. The molecule has 9 aliphatic rings. The van der Waals surface area contributed by atoms with E-state index in [1.165, 1.54) is 34.1 Å². The lowest BCUT2D eigenvalue weighted by molar-refractivity contribution is -0.318. The topological polar surface area (TPSA) is 179 Å². The highest BCUT2D eigenvalue weighted by atomic mass is 33.1. The Bertz CT molecular complexity index is 2110. The van der Waals surface area contributed by atoms with Gasteiger partial charge in [0.15, 0.2) is 11.6 Å². The maximum absolute atomic E-state index is 15.0. The van der Waals surface area contributed by atoms with Gasteiger partial charge in [-0.15, -0.1) is 0 Å². The van der Waals surface area contributed by atoms with Crippen molar-refractivity contribution in [2.75, 3.05) is 17.7 Å². The zero-order chi connectivity index (χ0) is 35.9. The summed E-state index contributed by atoms with van der Waals surface area (Å²) in [5, 5.41) is 62.2. The third-order valence-corrected chi connectivity index (χ3v) is 15.7. The van der Waals surface area contributed by atoms with Gasteiger partial charge in [0.1, 0.15) is 52.0 Å². The molecule has 2 fully saturated rings. The van der Waals surface area contributed by atoms with Crippen molar-refractivity contribution < 1.29 is 44.6 Å². The Balaban J connectivity index is 1.20. The summed E-state index contributed by atoms with van der Waals surface area (Å²) < 4.78 is 12.3. The number of aromatic nitrogens is 1. The van der Waals surface area contributed by atoms with Crippen LogP contribution in [0.1, 0.15) is 70.9 Å². The summed E-state index contributed by atoms with van der Waals surface area (Å²) in [4.78, 5) is 34.1. The number of Topliss-reactive ketones (excluding diaryl/α,β-unsaturated/α-hetero) is 2. The number of fused-ring (bicyclic) bond motifs is 2. The predicted octanol–water partition coefficient (Wildman–Crippen LogP) is 4.39. The van der Waals surface area contributed by atoms with Gasteiger partial charge in [-0.25, -0.2) is 4.98 Å². The number of anilines is 1. The van der Waals surface area contributed by atoms with Crippen molar-refractivity contribution in [3.8, 4) is 5.75 Å². The standard InChI is InChI=1S/C39H38N2O9S2/c1-17-12-23-30(44)19-4-2-6-24-28(19)32(46)38(23,26(43)13-17)16-51-52-35-20-8-7-18-21-5-3-10-37(21,22-9-11-40-34(41-35)29(22)27(18)20)15-39(48)31(45)25(14-42)50-36(49-24)33(39)47/h2,4,6-7,9,11-13,21,23,25,31,33,35-36,42-43,45,47-48H,3,5,8,10,14-16H2,1H3,(H,40,41)/t21-,23+,25+,31+,33-,35+,36+,37+,38-,39-/m0/s1. The normalized spacial score (nSPS) is 39.8. The van der Waals surface area contributed by atoms with Crippen LogP contribution >= 0.6 is 21.6 Å². The minimum absolute atomic E-state index is 0.00265. The van der Waals surface area contributed by atoms with Crippen LogP contribution in [0.5, 0.6) is 5.75 Å². The van der Waals surface area contributed by atoms with Crippen LogP contribution < -0.4 is 10.1 Å². The number of aliphatic hydroxyl groups is 5. The van der Waals surface area contributed by atoms with Gasteiger partial charge in [-0.05, 0) is 79.0 Å². The fraction of sp³-hybridized carbons (Fsp3) is 0.462. The van der Waals surface area contributed by atoms with Crippen molar-refractivity contribution in [1.29, 1.82) is 0 Å². The minimum atomic E-state index is -2.23. The Morgan fingerprint density at radius 2 is 1.98 bits per heavy atom. The van der Waals surface area contributed by atoms with Crippen molar-refractivity contribution in [3.63, 3.8) is 0 Å². The second-order valence-corrected chi connectivity index (χ2v) is 18.0. The highest BCUT2D eigenvalue weighted by Gasteiger charge is 2.64. The summed E-state index contributed by atoms with van der Waals surface area (Å²) in [7, 11) is 2.96. The molecule has 10 atom stereocenters. The number of allylic oxidation sites excluding steroid dienone is 7. The number of aliphatic hydroxyl groups excluding tert-OH is 4. The third-order valence-electron chi connectivity index (χ3n) is 13.0. The molecule has 5 aliphatic carbocycles. The summed E-state index contributed by atoms with van der Waals surface area (Å²) in [6.45, 7) is 1.10. The first-order valence-electron chi connectivity index (χ1n) is 17.8. The Kier molecular flexibility index (Phi) is 7.20. The Morgan fingerprint density at radius 1 is 1.13 bits per heavy atom. The van der Waals surface area contributed by atoms with E-state index in [1.54, 1.807) is 42.1 Å². The first-order chi connectivity index (χ1) is 25.0. The molecule has 1 aromatic heterocycles. The zero-order valence-corrected chi connectivity index (χ0v) is 29.9. The number of carbonyl (C=O) groups excluding carboxylic acids is 2. The Morgan fingerprint density at radius 3 is 2.81 bits per heavy atom. The van der Waals surface area contributed by atoms with Crippen LogP contribution in [0.15, 0.2) is 71.2 Å². The quantitative estimate of drug-likeness (QED) is 0.227. The average Bonchev–Trinajstić information content (AvgIpc) is 3.77. The van der Waals surface area contributed by atoms with Gasteiger partial charge >= 0.3 is 0 Å². The molecule has 11 rings (SSSR count). The van der Waals surface area contributed by atoms with Crippen LogP contribution in [0, 0.1) is 17.3 Å². The molecule has 2 aromatic rings. The molecule has 13 heteroatoms. The van der Waals surface area contributed by atoms with Gasteiger partial charge < -0.3 is 40.3 Å². The first kappa shape index (κ1) is 33.2. The number of nitrogens with zero attached hydrogens (tertiary/aromatic N) is 1. The number of rotatable bonds is 1. The van der Waals surface area contributed by atoms with E-state index in [-0.39, 0.29) is 51.9 Å². The van der Waals surface area contributed by atoms with Crippen LogP contribution in [0.4, 0.5) is 5.82 Å². The fourth-order valence-corrected chi connectivity index (χ4v) is 13.7. The number of ether oxygens (including phenoxy) is 2. The zero-order valence-electron chi connectivity index (χ0n) is 28.2. The fourth-order valence-electron chi connectivity index (χ4n) is 10.7. The maximum Gasteiger partial charge on any atom is 0.229 e. The number of hydrogen-bond donors (Lipinski definition) is 6. The van der Waals surface area contributed by atoms with Crippen LogP contribution in [-0.4, -0.2) is 90.0 Å². The Labute approximate surface area is 307 Å². The summed E-state index contributed by atoms with van der Waals surface area (Å²) in [6.07, 6.45) is 3.83. The number of nitrogens with one attached hydrogen (secondary N) is 1. The smallest absolute Gasteiger partial charge is 0.229 e. The van der Waals surface area contributed by atoms with E-state index in [0.717, 1.165) is 29.5 Å². The molecule has 0 radical (unpaired) electrons. The SMILES string of the molecule is CC1=C[C@@H]2C(=O)c3cccc4c3C(=O)[C@]2(CSS[C@H]2Nc3nccc5c3C3=C2CC=C3[C@@H]2CCC[C@]52C[C@]2(O)[C@H](O)[C@@H](CO)O[C@@H](O4)[C@@H]2O)C(O)=C1. The highest BCUT2D eigenvalue weighted by Crippen LogP contribution is 2.66. The molecule has 270 valence electrons. The number of benzene rings is 1. The largest absolute Gasteiger partial charge is 0.511 e. The first-order valence-corrected chi connectivity index (χ1v) is 20.2. The van der Waals surface area contributed by atoms with E-state index >= 15 is 0 Å². The molecule has 12 bridgehead atoms. The molecule has 0 amide bonds. The van der Waals surface area contributed by atoms with E-state index in [1.807, 2.05) is 6.07 Å². The molecule has 5 heterocycles. The van der Waals surface area contributed by atoms with E-state index in [9.17, 15) is 35.1 Å². The molecule has 1 saturated carbocycles. The second-order valence-electron chi connectivity index (χ2n) is 15.5. The molecule has 2 spiro atoms. The molecule has 0 unspecified atom stereocenters. The molecule has 1 saturated heterocycles. The highest BCUT2D eigenvalue weighted by molar-refractivity contribution is 8.77. The van der Waals surface area contributed by atoms with Crippen molar-refractivity contribution in [2.45, 2.75) is 80.0 Å². The Hall–Kier alpha value is -3.43. The lowest BCUT2D eigenvalue weighted by Gasteiger charge is -2.54. The molecule has 52 heavy (non-hydrogen) atoms. The van der Waals surface area contributed by atoms with Crippen molar-refractivity contribution in [1.82, 2.24) is 4.98 Å². The van der Waals surface area contributed by atoms with Crippen LogP contribution in [0.3, 0.4) is 0 Å². The van der Waals surface area contributed by atoms with Gasteiger partial charge in [0.05, 0.1) is 18.1 Å². The van der Waals surface area contributed by atoms with Gasteiger partial charge in [-0.1, -0.05) is 57.9 Å². The molecule has 4 aliphatic heterocycles. The third kappa shape index (κ3) is 4.10. The van der Waals surface area contributed by atoms with Gasteiger partial charge in [0, 0.05) is 28.5 Å². The summed E-state index contributed by atoms with van der Waals surface area (Å²) in [6, 6.07) is 6.61. The summed E-state index contributed by atoms with van der Waals surface area (Å²) >= 11 is 0. The van der Waals surface area contributed by atoms with Crippen LogP contribution in [0.2, 0.25) is 0 Å². The summed E-state index contributed by atoms with van der Waals surface area (Å²) in [5.74, 6) is -1.36. The maximum atomic E-state index is 15.0. The van der Waals surface area contributed by atoms with E-state index in [2.05, 4.69) is 11.4 Å².